The van der Waals surface area contributed by atoms with Crippen molar-refractivity contribution < 1.29 is 4.79 Å². The van der Waals surface area contributed by atoms with Crippen LogP contribution in [0.15, 0.2) is 24.5 Å². The number of carbonyl (C=O) groups excluding carboxylic acids is 1. The molecule has 1 aliphatic rings. The number of aryl methyl sites for hydroxylation is 1. The Morgan fingerprint density at radius 1 is 1.52 bits per heavy atom. The molecule has 2 N–H and O–H groups in total. The van der Waals surface area contributed by atoms with E-state index in [0.717, 1.165) is 49.3 Å². The van der Waals surface area contributed by atoms with Gasteiger partial charge in [0, 0.05) is 37.9 Å². The maximum absolute atomic E-state index is 12.5. The van der Waals surface area contributed by atoms with Gasteiger partial charge in [-0.05, 0) is 45.0 Å². The van der Waals surface area contributed by atoms with Crippen LogP contribution < -0.4 is 5.32 Å². The molecule has 0 aromatic carbocycles. The molecule has 124 valence electrons. The second-order valence-electron chi connectivity index (χ2n) is 6.55. The van der Waals surface area contributed by atoms with Crippen LogP contribution in [0.25, 0.3) is 0 Å². The highest BCUT2D eigenvalue weighted by Crippen LogP contribution is 2.23. The van der Waals surface area contributed by atoms with Gasteiger partial charge in [-0.1, -0.05) is 0 Å². The second kappa shape index (κ2) is 7.00. The quantitative estimate of drug-likeness (QED) is 0.844. The molecule has 0 radical (unpaired) electrons. The predicted molar refractivity (Wildman–Crippen MR) is 89.4 cm³/mol. The van der Waals surface area contributed by atoms with E-state index in [-0.39, 0.29) is 5.91 Å². The number of fused-ring (bicyclic) bond motifs is 1. The summed E-state index contributed by atoms with van der Waals surface area (Å²) in [6, 6.07) is 4.00. The van der Waals surface area contributed by atoms with Crippen molar-refractivity contribution in [1.29, 1.82) is 0 Å². The fourth-order valence-corrected chi connectivity index (χ4v) is 3.29. The Morgan fingerprint density at radius 3 is 3.13 bits per heavy atom. The molecular formula is C17H25N5O. The van der Waals surface area contributed by atoms with Crippen LogP contribution in [0.5, 0.6) is 0 Å². The minimum atomic E-state index is -0.0108. The number of aromatic amines is 1. The van der Waals surface area contributed by atoms with E-state index in [4.69, 9.17) is 0 Å². The first-order valence-electron chi connectivity index (χ1n) is 8.23. The molecule has 0 saturated heterocycles. The number of nitrogens with one attached hydrogen (secondary N) is 2. The molecular weight excluding hydrogens is 290 g/mol. The second-order valence-corrected chi connectivity index (χ2v) is 6.55. The average Bonchev–Trinajstić information content (AvgIpc) is 3.15. The minimum absolute atomic E-state index is 0.0108. The summed E-state index contributed by atoms with van der Waals surface area (Å²) in [7, 11) is 4.19. The van der Waals surface area contributed by atoms with Gasteiger partial charge in [-0.25, -0.2) is 0 Å². The molecule has 0 bridgehead atoms. The zero-order valence-electron chi connectivity index (χ0n) is 13.9. The van der Waals surface area contributed by atoms with E-state index < -0.39 is 0 Å². The Bertz CT molecular complexity index is 644. The number of rotatable bonds is 6. The number of aromatic nitrogens is 3. The average molecular weight is 315 g/mol. The number of amides is 1. The van der Waals surface area contributed by atoms with Gasteiger partial charge in [0.25, 0.3) is 5.91 Å². The lowest BCUT2D eigenvalue weighted by atomic mass is 9.94. The van der Waals surface area contributed by atoms with Gasteiger partial charge in [0.05, 0.1) is 17.5 Å². The summed E-state index contributed by atoms with van der Waals surface area (Å²) in [6.45, 7) is 2.59. The molecule has 0 unspecified atom stereocenters. The molecule has 3 heterocycles. The van der Waals surface area contributed by atoms with Gasteiger partial charge < -0.3 is 15.2 Å². The third kappa shape index (κ3) is 3.82. The summed E-state index contributed by atoms with van der Waals surface area (Å²) >= 11 is 0. The first-order valence-corrected chi connectivity index (χ1v) is 8.23. The number of H-pyrrole nitrogens is 1. The van der Waals surface area contributed by atoms with Gasteiger partial charge in [-0.3, -0.25) is 9.48 Å². The van der Waals surface area contributed by atoms with Crippen LogP contribution in [0, 0.1) is 5.92 Å². The fraction of sp³-hybridized carbons (Fsp3) is 0.529. The molecule has 6 heteroatoms. The molecule has 2 aromatic rings. The van der Waals surface area contributed by atoms with Crippen LogP contribution in [-0.4, -0.2) is 52.8 Å². The maximum Gasteiger partial charge on any atom is 0.254 e. The van der Waals surface area contributed by atoms with E-state index in [1.807, 2.05) is 23.0 Å². The molecule has 0 saturated carbocycles. The molecule has 1 aliphatic heterocycles. The minimum Gasteiger partial charge on any atom is -0.365 e. The van der Waals surface area contributed by atoms with Crippen LogP contribution in [0.3, 0.4) is 0 Å². The Kier molecular flexibility index (Phi) is 4.81. The summed E-state index contributed by atoms with van der Waals surface area (Å²) in [5, 5.41) is 7.39. The summed E-state index contributed by atoms with van der Waals surface area (Å²) in [5.74, 6) is 0.586. The lowest BCUT2D eigenvalue weighted by Gasteiger charge is -2.26. The molecule has 0 spiro atoms. The SMILES string of the molecule is CN(C)C[C@H]1CCn2ncc(C(=O)NCCc3ccc[nH]3)c2C1. The van der Waals surface area contributed by atoms with Crippen LogP contribution in [0.4, 0.5) is 0 Å². The Hall–Kier alpha value is -2.08. The number of carbonyl (C=O) groups is 1. The van der Waals surface area contributed by atoms with E-state index in [2.05, 4.69) is 34.4 Å². The van der Waals surface area contributed by atoms with Crippen molar-refractivity contribution >= 4 is 5.91 Å². The van der Waals surface area contributed by atoms with Crippen molar-refractivity contribution in [3.8, 4) is 0 Å². The van der Waals surface area contributed by atoms with Crippen molar-refractivity contribution in [1.82, 2.24) is 25.0 Å². The topological polar surface area (TPSA) is 66.0 Å². The molecule has 0 aliphatic carbocycles. The lowest BCUT2D eigenvalue weighted by Crippen LogP contribution is -2.31. The van der Waals surface area contributed by atoms with Crippen molar-refractivity contribution in [3.05, 3.63) is 41.5 Å². The normalized spacial score (nSPS) is 17.3. The van der Waals surface area contributed by atoms with E-state index in [0.29, 0.717) is 12.5 Å². The first kappa shape index (κ1) is 15.8. The van der Waals surface area contributed by atoms with Crippen LogP contribution in [0.1, 0.15) is 28.2 Å². The largest absolute Gasteiger partial charge is 0.365 e. The Morgan fingerprint density at radius 2 is 2.39 bits per heavy atom. The molecule has 0 fully saturated rings. The molecule has 2 aromatic heterocycles. The van der Waals surface area contributed by atoms with Crippen molar-refractivity contribution in [2.24, 2.45) is 5.92 Å². The van der Waals surface area contributed by atoms with E-state index in [1.54, 1.807) is 6.20 Å². The van der Waals surface area contributed by atoms with Gasteiger partial charge in [0.15, 0.2) is 0 Å². The Balaban J connectivity index is 1.60. The zero-order valence-corrected chi connectivity index (χ0v) is 13.9. The third-order valence-corrected chi connectivity index (χ3v) is 4.39. The molecule has 1 amide bonds. The predicted octanol–water partition coefficient (Wildman–Crippen LogP) is 1.31. The van der Waals surface area contributed by atoms with Crippen LogP contribution in [0.2, 0.25) is 0 Å². The fourth-order valence-electron chi connectivity index (χ4n) is 3.29. The van der Waals surface area contributed by atoms with Crippen molar-refractivity contribution in [2.45, 2.75) is 25.8 Å². The summed E-state index contributed by atoms with van der Waals surface area (Å²) in [6.07, 6.45) is 6.48. The van der Waals surface area contributed by atoms with E-state index >= 15 is 0 Å². The molecule has 3 rings (SSSR count). The van der Waals surface area contributed by atoms with Gasteiger partial charge in [-0.2, -0.15) is 5.10 Å². The molecule has 1 atom stereocenters. The maximum atomic E-state index is 12.5. The Labute approximate surface area is 136 Å². The smallest absolute Gasteiger partial charge is 0.254 e. The van der Waals surface area contributed by atoms with E-state index in [1.165, 1.54) is 0 Å². The monoisotopic (exact) mass is 315 g/mol. The molecule has 6 nitrogen and oxygen atoms in total. The van der Waals surface area contributed by atoms with E-state index in [9.17, 15) is 4.79 Å². The lowest BCUT2D eigenvalue weighted by molar-refractivity contribution is 0.0952. The first-order chi connectivity index (χ1) is 11.1. The summed E-state index contributed by atoms with van der Waals surface area (Å²) in [5.41, 5.74) is 2.95. The zero-order chi connectivity index (χ0) is 16.2. The standard InChI is InChI=1S/C17H25N5O/c1-21(2)12-13-6-9-22-16(10-13)15(11-20-22)17(23)19-8-5-14-4-3-7-18-14/h3-4,7,11,13,18H,5-6,8-10,12H2,1-2H3,(H,19,23)/t13-/m0/s1. The van der Waals surface area contributed by atoms with Gasteiger partial charge >= 0.3 is 0 Å². The number of nitrogens with zero attached hydrogens (tertiary/aromatic N) is 3. The van der Waals surface area contributed by atoms with Crippen LogP contribution >= 0.6 is 0 Å². The highest BCUT2D eigenvalue weighted by atomic mass is 16.1. The van der Waals surface area contributed by atoms with Crippen LogP contribution in [-0.2, 0) is 19.4 Å². The highest BCUT2D eigenvalue weighted by Gasteiger charge is 2.25. The van der Waals surface area contributed by atoms with Gasteiger partial charge in [-0.15, -0.1) is 0 Å². The summed E-state index contributed by atoms with van der Waals surface area (Å²) in [4.78, 5) is 17.8. The van der Waals surface area contributed by atoms with Crippen molar-refractivity contribution in [3.63, 3.8) is 0 Å². The third-order valence-electron chi connectivity index (χ3n) is 4.39. The number of hydrogen-bond acceptors (Lipinski definition) is 3. The highest BCUT2D eigenvalue weighted by molar-refractivity contribution is 5.95. The molecule has 23 heavy (non-hydrogen) atoms. The van der Waals surface area contributed by atoms with Gasteiger partial charge in [0.1, 0.15) is 0 Å². The van der Waals surface area contributed by atoms with Crippen molar-refractivity contribution in [2.75, 3.05) is 27.2 Å². The number of hydrogen-bond donors (Lipinski definition) is 2. The summed E-state index contributed by atoms with van der Waals surface area (Å²) < 4.78 is 1.99. The van der Waals surface area contributed by atoms with Gasteiger partial charge in [0.2, 0.25) is 0 Å².